The summed E-state index contributed by atoms with van der Waals surface area (Å²) in [6.07, 6.45) is 3.42. The Labute approximate surface area is 144 Å². The van der Waals surface area contributed by atoms with Crippen LogP contribution >= 0.6 is 0 Å². The fourth-order valence-electron chi connectivity index (χ4n) is 2.62. The van der Waals surface area contributed by atoms with Gasteiger partial charge in [-0.3, -0.25) is 0 Å². The van der Waals surface area contributed by atoms with Gasteiger partial charge < -0.3 is 24.1 Å². The van der Waals surface area contributed by atoms with Gasteiger partial charge in [-0.05, 0) is 52.2 Å². The van der Waals surface area contributed by atoms with Crippen LogP contribution in [0.4, 0.5) is 4.79 Å². The van der Waals surface area contributed by atoms with Crippen molar-refractivity contribution in [1.82, 2.24) is 10.2 Å². The monoisotopic (exact) mass is 338 g/mol. The third-order valence-electron chi connectivity index (χ3n) is 3.98. The number of ether oxygens (including phenoxy) is 2. The zero-order valence-electron chi connectivity index (χ0n) is 15.3. The minimum Gasteiger partial charge on any atom is -0.468 e. The van der Waals surface area contributed by atoms with Gasteiger partial charge in [0.25, 0.3) is 0 Å². The predicted molar refractivity (Wildman–Crippen MR) is 91.9 cm³/mol. The molecule has 2 rings (SSSR count). The van der Waals surface area contributed by atoms with Gasteiger partial charge in [0.2, 0.25) is 0 Å². The molecule has 1 aliphatic heterocycles. The summed E-state index contributed by atoms with van der Waals surface area (Å²) in [4.78, 5) is 13.8. The van der Waals surface area contributed by atoms with E-state index in [2.05, 4.69) is 5.32 Å². The molecule has 0 aromatic carbocycles. The Bertz CT molecular complexity index is 513. The van der Waals surface area contributed by atoms with Gasteiger partial charge in [0.1, 0.15) is 11.4 Å². The van der Waals surface area contributed by atoms with Crippen LogP contribution in [0.25, 0.3) is 0 Å². The van der Waals surface area contributed by atoms with E-state index < -0.39 is 5.60 Å². The summed E-state index contributed by atoms with van der Waals surface area (Å²) in [6, 6.07) is 1.96. The Morgan fingerprint density at radius 3 is 2.67 bits per heavy atom. The summed E-state index contributed by atoms with van der Waals surface area (Å²) in [5.41, 5.74) is 0.723. The lowest BCUT2D eigenvalue weighted by molar-refractivity contribution is -0.0105. The first-order chi connectivity index (χ1) is 11.3. The molecule has 6 nitrogen and oxygen atoms in total. The van der Waals surface area contributed by atoms with Crippen molar-refractivity contribution in [2.24, 2.45) is 0 Å². The molecule has 136 valence electrons. The molecule has 1 N–H and O–H groups in total. The highest BCUT2D eigenvalue weighted by atomic mass is 16.6. The standard InChI is InChI=1S/C18H30N2O4/c1-14-7-11-23-16(14)13-19-8-12-22-15-5-9-20(10-6-15)17(21)24-18(2,3)4/h7,11,15,19H,5-6,8-10,12-13H2,1-4H3. The van der Waals surface area contributed by atoms with Crippen molar-refractivity contribution in [3.63, 3.8) is 0 Å². The minimum absolute atomic E-state index is 0.218. The lowest BCUT2D eigenvalue weighted by Crippen LogP contribution is -2.43. The first-order valence-corrected chi connectivity index (χ1v) is 8.68. The maximum absolute atomic E-state index is 12.0. The fraction of sp³-hybridized carbons (Fsp3) is 0.722. The van der Waals surface area contributed by atoms with Gasteiger partial charge >= 0.3 is 6.09 Å². The lowest BCUT2D eigenvalue weighted by Gasteiger charge is -2.33. The van der Waals surface area contributed by atoms with Crippen LogP contribution in [0.3, 0.4) is 0 Å². The Kier molecular flexibility index (Phi) is 6.69. The molecule has 24 heavy (non-hydrogen) atoms. The molecule has 1 fully saturated rings. The number of hydrogen-bond donors (Lipinski definition) is 1. The molecule has 0 bridgehead atoms. The van der Waals surface area contributed by atoms with E-state index in [1.54, 1.807) is 11.2 Å². The third-order valence-corrected chi connectivity index (χ3v) is 3.98. The number of carbonyl (C=O) groups excluding carboxylic acids is 1. The molecule has 0 atom stereocenters. The second-order valence-corrected chi connectivity index (χ2v) is 7.24. The van der Waals surface area contributed by atoms with Crippen molar-refractivity contribution in [3.05, 3.63) is 23.7 Å². The second kappa shape index (κ2) is 8.53. The number of likely N-dealkylation sites (tertiary alicyclic amines) is 1. The Hall–Kier alpha value is -1.53. The number of nitrogens with zero attached hydrogens (tertiary/aromatic N) is 1. The molecular weight excluding hydrogens is 308 g/mol. The summed E-state index contributed by atoms with van der Waals surface area (Å²) in [5.74, 6) is 0.973. The summed E-state index contributed by atoms with van der Waals surface area (Å²) < 4.78 is 16.7. The van der Waals surface area contributed by atoms with Gasteiger partial charge in [0.05, 0.1) is 25.5 Å². The van der Waals surface area contributed by atoms with Crippen LogP contribution in [0, 0.1) is 6.92 Å². The fourth-order valence-corrected chi connectivity index (χ4v) is 2.62. The average molecular weight is 338 g/mol. The Morgan fingerprint density at radius 1 is 1.38 bits per heavy atom. The van der Waals surface area contributed by atoms with Crippen LogP contribution in [0.15, 0.2) is 16.7 Å². The van der Waals surface area contributed by atoms with Crippen LogP contribution in [0.5, 0.6) is 0 Å². The quantitative estimate of drug-likeness (QED) is 0.808. The summed E-state index contributed by atoms with van der Waals surface area (Å²) in [5, 5.41) is 3.32. The van der Waals surface area contributed by atoms with Crippen LogP contribution < -0.4 is 5.32 Å². The van der Waals surface area contributed by atoms with E-state index in [-0.39, 0.29) is 12.2 Å². The first kappa shape index (κ1) is 18.8. The van der Waals surface area contributed by atoms with Crippen LogP contribution in [-0.4, -0.2) is 48.9 Å². The molecule has 0 radical (unpaired) electrons. The maximum Gasteiger partial charge on any atom is 0.410 e. The van der Waals surface area contributed by atoms with Gasteiger partial charge in [0.15, 0.2) is 0 Å². The smallest absolute Gasteiger partial charge is 0.410 e. The first-order valence-electron chi connectivity index (χ1n) is 8.68. The van der Waals surface area contributed by atoms with Crippen molar-refractivity contribution in [2.45, 2.75) is 58.8 Å². The number of rotatable bonds is 6. The molecule has 1 aromatic heterocycles. The normalized spacial score (nSPS) is 16.4. The summed E-state index contributed by atoms with van der Waals surface area (Å²) >= 11 is 0. The number of amides is 1. The Balaban J connectivity index is 1.56. The highest BCUT2D eigenvalue weighted by Gasteiger charge is 2.26. The average Bonchev–Trinajstić information content (AvgIpc) is 2.91. The largest absolute Gasteiger partial charge is 0.468 e. The van der Waals surface area contributed by atoms with Crippen LogP contribution in [-0.2, 0) is 16.0 Å². The molecule has 0 spiro atoms. The highest BCUT2D eigenvalue weighted by Crippen LogP contribution is 2.17. The predicted octanol–water partition coefficient (Wildman–Crippen LogP) is 3.09. The molecule has 0 aliphatic carbocycles. The van der Waals surface area contributed by atoms with Crippen molar-refractivity contribution in [1.29, 1.82) is 0 Å². The van der Waals surface area contributed by atoms with Gasteiger partial charge in [-0.15, -0.1) is 0 Å². The lowest BCUT2D eigenvalue weighted by atomic mass is 10.1. The number of aryl methyl sites for hydroxylation is 1. The van der Waals surface area contributed by atoms with E-state index >= 15 is 0 Å². The van der Waals surface area contributed by atoms with Crippen molar-refractivity contribution < 1.29 is 18.7 Å². The number of nitrogens with one attached hydrogen (secondary N) is 1. The van der Waals surface area contributed by atoms with Gasteiger partial charge in [-0.1, -0.05) is 0 Å². The molecule has 1 aliphatic rings. The highest BCUT2D eigenvalue weighted by molar-refractivity contribution is 5.68. The molecule has 1 aromatic rings. The zero-order chi connectivity index (χ0) is 17.6. The summed E-state index contributed by atoms with van der Waals surface area (Å²) in [6.45, 7) is 11.3. The van der Waals surface area contributed by atoms with E-state index in [0.29, 0.717) is 19.7 Å². The molecular formula is C18H30N2O4. The maximum atomic E-state index is 12.0. The molecule has 0 unspecified atom stereocenters. The van der Waals surface area contributed by atoms with E-state index in [1.807, 2.05) is 33.8 Å². The topological polar surface area (TPSA) is 63.9 Å². The van der Waals surface area contributed by atoms with Gasteiger partial charge in [0, 0.05) is 19.6 Å². The number of carbonyl (C=O) groups is 1. The number of furan rings is 1. The van der Waals surface area contributed by atoms with Crippen LogP contribution in [0.1, 0.15) is 44.9 Å². The minimum atomic E-state index is -0.442. The van der Waals surface area contributed by atoms with E-state index in [1.165, 1.54) is 0 Å². The zero-order valence-corrected chi connectivity index (χ0v) is 15.3. The van der Waals surface area contributed by atoms with E-state index in [0.717, 1.165) is 37.3 Å². The molecule has 6 heteroatoms. The van der Waals surface area contributed by atoms with E-state index in [4.69, 9.17) is 13.9 Å². The third kappa shape index (κ3) is 6.17. The molecule has 2 heterocycles. The summed E-state index contributed by atoms with van der Waals surface area (Å²) in [7, 11) is 0. The molecule has 0 saturated carbocycles. The number of hydrogen-bond acceptors (Lipinski definition) is 5. The van der Waals surface area contributed by atoms with Crippen molar-refractivity contribution >= 4 is 6.09 Å². The second-order valence-electron chi connectivity index (χ2n) is 7.24. The van der Waals surface area contributed by atoms with E-state index in [9.17, 15) is 4.79 Å². The van der Waals surface area contributed by atoms with Crippen LogP contribution in [0.2, 0.25) is 0 Å². The van der Waals surface area contributed by atoms with Crippen molar-refractivity contribution in [2.75, 3.05) is 26.2 Å². The van der Waals surface area contributed by atoms with Gasteiger partial charge in [-0.25, -0.2) is 4.79 Å². The molecule has 1 amide bonds. The van der Waals surface area contributed by atoms with Crippen molar-refractivity contribution in [3.8, 4) is 0 Å². The Morgan fingerprint density at radius 2 is 2.08 bits per heavy atom. The SMILES string of the molecule is Cc1ccoc1CNCCOC1CCN(C(=O)OC(C)(C)C)CC1. The van der Waals surface area contributed by atoms with Gasteiger partial charge in [-0.2, -0.15) is 0 Å². The molecule has 1 saturated heterocycles. The number of piperidine rings is 1.